The summed E-state index contributed by atoms with van der Waals surface area (Å²) in [5.74, 6) is 5.18. The molecular weight excluding hydrogens is 236 g/mol. The van der Waals surface area contributed by atoms with Gasteiger partial charge in [0.15, 0.2) is 0 Å². The van der Waals surface area contributed by atoms with Gasteiger partial charge in [-0.15, -0.1) is 0 Å². The lowest BCUT2D eigenvalue weighted by molar-refractivity contribution is -0.141. The van der Waals surface area contributed by atoms with Crippen molar-refractivity contribution in [1.82, 2.24) is 9.99 Å². The number of nitrogens with zero attached hydrogens (tertiary/aromatic N) is 2. The Hall–Kier alpha value is -2.15. The van der Waals surface area contributed by atoms with Gasteiger partial charge in [0.05, 0.1) is 31.5 Å². The van der Waals surface area contributed by atoms with Crippen LogP contribution in [0.25, 0.3) is 0 Å². The van der Waals surface area contributed by atoms with E-state index in [2.05, 4.69) is 15.0 Å². The monoisotopic (exact) mass is 252 g/mol. The number of hydrogen-bond acceptors (Lipinski definition) is 5. The summed E-state index contributed by atoms with van der Waals surface area (Å²) in [6, 6.07) is 2.39. The Kier molecular flexibility index (Phi) is 5.06. The first-order valence-corrected chi connectivity index (χ1v) is 5.36. The standard InChI is InChI=1S/C11H16N4O3/c1-8(6-10(16)18-2)15(12)11(17)14-9-4-3-5-13-7-9/h3-5,7-8H,6,12H2,1-2H3,(H,14,17). The van der Waals surface area contributed by atoms with Crippen LogP contribution in [-0.2, 0) is 9.53 Å². The van der Waals surface area contributed by atoms with E-state index in [1.165, 1.54) is 13.3 Å². The number of pyridine rings is 1. The molecule has 1 aromatic rings. The van der Waals surface area contributed by atoms with Crippen molar-refractivity contribution < 1.29 is 14.3 Å². The molecule has 3 N–H and O–H groups in total. The van der Waals surface area contributed by atoms with Crippen molar-refractivity contribution in [1.29, 1.82) is 0 Å². The zero-order valence-electron chi connectivity index (χ0n) is 10.3. The van der Waals surface area contributed by atoms with Gasteiger partial charge in [-0.25, -0.2) is 10.6 Å². The van der Waals surface area contributed by atoms with Gasteiger partial charge in [0.2, 0.25) is 0 Å². The van der Waals surface area contributed by atoms with Crippen LogP contribution in [0.4, 0.5) is 10.5 Å². The largest absolute Gasteiger partial charge is 0.469 e. The second-order valence-electron chi connectivity index (χ2n) is 3.71. The summed E-state index contributed by atoms with van der Waals surface area (Å²) in [6.45, 7) is 1.65. The van der Waals surface area contributed by atoms with Crippen LogP contribution in [-0.4, -0.2) is 35.1 Å². The number of rotatable bonds is 4. The number of nitrogens with two attached hydrogens (primary N) is 1. The van der Waals surface area contributed by atoms with Gasteiger partial charge in [-0.2, -0.15) is 0 Å². The molecule has 0 bridgehead atoms. The topological polar surface area (TPSA) is 97.5 Å². The van der Waals surface area contributed by atoms with Crippen molar-refractivity contribution in [2.75, 3.05) is 12.4 Å². The van der Waals surface area contributed by atoms with E-state index >= 15 is 0 Å². The molecule has 0 fully saturated rings. The highest BCUT2D eigenvalue weighted by Crippen LogP contribution is 2.06. The molecule has 0 aliphatic carbocycles. The molecule has 1 aromatic heterocycles. The highest BCUT2D eigenvalue weighted by molar-refractivity contribution is 5.89. The molecule has 18 heavy (non-hydrogen) atoms. The Morgan fingerprint density at radius 2 is 2.33 bits per heavy atom. The molecule has 7 nitrogen and oxygen atoms in total. The number of esters is 1. The molecule has 0 radical (unpaired) electrons. The van der Waals surface area contributed by atoms with E-state index < -0.39 is 18.0 Å². The molecule has 0 aliphatic heterocycles. The van der Waals surface area contributed by atoms with E-state index in [1.807, 2.05) is 0 Å². The lowest BCUT2D eigenvalue weighted by Gasteiger charge is -2.23. The number of carbonyl (C=O) groups excluding carboxylic acids is 2. The van der Waals surface area contributed by atoms with Crippen LogP contribution in [0, 0.1) is 0 Å². The minimum atomic E-state index is -0.514. The van der Waals surface area contributed by atoms with Crippen molar-refractivity contribution in [2.24, 2.45) is 5.84 Å². The van der Waals surface area contributed by atoms with Gasteiger partial charge in [-0.3, -0.25) is 14.8 Å². The second-order valence-corrected chi connectivity index (χ2v) is 3.71. The Morgan fingerprint density at radius 3 is 2.89 bits per heavy atom. The molecule has 1 heterocycles. The maximum Gasteiger partial charge on any atom is 0.336 e. The summed E-state index contributed by atoms with van der Waals surface area (Å²) < 4.78 is 4.51. The number of methoxy groups -OCH3 is 1. The quantitative estimate of drug-likeness (QED) is 0.356. The number of aromatic nitrogens is 1. The Bertz CT molecular complexity index is 410. The first-order valence-electron chi connectivity index (χ1n) is 5.36. The molecule has 0 spiro atoms. The predicted molar refractivity (Wildman–Crippen MR) is 65.4 cm³/mol. The van der Waals surface area contributed by atoms with Crippen LogP contribution < -0.4 is 11.2 Å². The van der Waals surface area contributed by atoms with E-state index in [0.717, 1.165) is 5.01 Å². The second kappa shape index (κ2) is 6.55. The van der Waals surface area contributed by atoms with Gasteiger partial charge in [0.25, 0.3) is 0 Å². The van der Waals surface area contributed by atoms with Crippen molar-refractivity contribution in [3.8, 4) is 0 Å². The summed E-state index contributed by atoms with van der Waals surface area (Å²) in [7, 11) is 1.28. The van der Waals surface area contributed by atoms with Gasteiger partial charge in [0, 0.05) is 6.20 Å². The normalized spacial score (nSPS) is 11.5. The smallest absolute Gasteiger partial charge is 0.336 e. The van der Waals surface area contributed by atoms with E-state index in [4.69, 9.17) is 5.84 Å². The zero-order valence-corrected chi connectivity index (χ0v) is 10.3. The fourth-order valence-electron chi connectivity index (χ4n) is 1.25. The summed E-state index contributed by atoms with van der Waals surface area (Å²) >= 11 is 0. The molecule has 0 aliphatic rings. The lowest BCUT2D eigenvalue weighted by atomic mass is 10.2. The van der Waals surface area contributed by atoms with Crippen molar-refractivity contribution >= 4 is 17.7 Å². The number of hydrazine groups is 1. The van der Waals surface area contributed by atoms with Crippen LogP contribution in [0.3, 0.4) is 0 Å². The summed E-state index contributed by atoms with van der Waals surface area (Å²) in [5, 5.41) is 3.51. The fourth-order valence-corrected chi connectivity index (χ4v) is 1.25. The molecule has 7 heteroatoms. The number of amides is 2. The molecule has 0 aromatic carbocycles. The molecule has 1 rings (SSSR count). The van der Waals surface area contributed by atoms with Crippen LogP contribution in [0.15, 0.2) is 24.5 Å². The molecule has 2 amide bonds. The minimum absolute atomic E-state index is 0.0352. The first-order chi connectivity index (χ1) is 8.54. The average molecular weight is 252 g/mol. The van der Waals surface area contributed by atoms with Crippen molar-refractivity contribution in [3.05, 3.63) is 24.5 Å². The fraction of sp³-hybridized carbons (Fsp3) is 0.364. The van der Waals surface area contributed by atoms with Crippen LogP contribution in [0.2, 0.25) is 0 Å². The van der Waals surface area contributed by atoms with Gasteiger partial charge in [-0.05, 0) is 19.1 Å². The third-order valence-electron chi connectivity index (χ3n) is 2.31. The number of ether oxygens (including phenoxy) is 1. The minimum Gasteiger partial charge on any atom is -0.469 e. The summed E-state index contributed by atoms with van der Waals surface area (Å²) in [5.41, 5.74) is 0.531. The SMILES string of the molecule is COC(=O)CC(C)N(N)C(=O)Nc1cccnc1. The van der Waals surface area contributed by atoms with E-state index in [1.54, 1.807) is 25.3 Å². The van der Waals surface area contributed by atoms with Gasteiger partial charge in [0.1, 0.15) is 0 Å². The number of hydrogen-bond donors (Lipinski definition) is 2. The number of nitrogens with one attached hydrogen (secondary N) is 1. The van der Waals surface area contributed by atoms with Crippen LogP contribution >= 0.6 is 0 Å². The maximum atomic E-state index is 11.7. The predicted octanol–water partition coefficient (Wildman–Crippen LogP) is 0.741. The van der Waals surface area contributed by atoms with Gasteiger partial charge >= 0.3 is 12.0 Å². The lowest BCUT2D eigenvalue weighted by Crippen LogP contribution is -2.47. The molecule has 98 valence electrons. The maximum absolute atomic E-state index is 11.7. The third-order valence-corrected chi connectivity index (χ3v) is 2.31. The van der Waals surface area contributed by atoms with Gasteiger partial charge in [-0.1, -0.05) is 0 Å². The highest BCUT2D eigenvalue weighted by Gasteiger charge is 2.19. The molecule has 1 unspecified atom stereocenters. The van der Waals surface area contributed by atoms with E-state index in [9.17, 15) is 9.59 Å². The van der Waals surface area contributed by atoms with Gasteiger partial charge < -0.3 is 10.1 Å². The highest BCUT2D eigenvalue weighted by atomic mass is 16.5. The first kappa shape index (κ1) is 13.9. The van der Waals surface area contributed by atoms with Crippen LogP contribution in [0.1, 0.15) is 13.3 Å². The van der Waals surface area contributed by atoms with Crippen LogP contribution in [0.5, 0.6) is 0 Å². The number of urea groups is 1. The van der Waals surface area contributed by atoms with E-state index in [-0.39, 0.29) is 6.42 Å². The Labute approximate surface area is 105 Å². The van der Waals surface area contributed by atoms with E-state index in [0.29, 0.717) is 5.69 Å². The molecule has 0 saturated carbocycles. The number of anilines is 1. The number of carbonyl (C=O) groups is 2. The zero-order chi connectivity index (χ0) is 13.5. The Morgan fingerprint density at radius 1 is 1.61 bits per heavy atom. The summed E-state index contributed by atoms with van der Waals surface area (Å²) in [6.07, 6.45) is 3.12. The average Bonchev–Trinajstić information content (AvgIpc) is 2.38. The van der Waals surface area contributed by atoms with Crippen molar-refractivity contribution in [3.63, 3.8) is 0 Å². The summed E-state index contributed by atoms with van der Waals surface area (Å²) in [4.78, 5) is 26.7. The Balaban J connectivity index is 2.53. The third kappa shape index (κ3) is 4.02. The molecule has 0 saturated heterocycles. The van der Waals surface area contributed by atoms with Crippen molar-refractivity contribution in [2.45, 2.75) is 19.4 Å². The molecule has 1 atom stereocenters. The molecular formula is C11H16N4O3.